The van der Waals surface area contributed by atoms with Crippen LogP contribution in [-0.2, 0) is 6.54 Å². The SMILES string of the molecule is c1ccc(Sc2ccc(CN3CCC(N4CCNCC4)C3)cc2)cc1. The zero-order valence-corrected chi connectivity index (χ0v) is 15.5. The molecular weight excluding hydrogens is 326 g/mol. The van der Waals surface area contributed by atoms with Crippen LogP contribution < -0.4 is 5.32 Å². The molecule has 2 aromatic rings. The highest BCUT2D eigenvalue weighted by atomic mass is 32.2. The second kappa shape index (κ2) is 8.37. The third-order valence-electron chi connectivity index (χ3n) is 5.22. The smallest absolute Gasteiger partial charge is 0.0236 e. The molecule has 0 spiro atoms. The Kier molecular flexibility index (Phi) is 5.72. The molecule has 0 aromatic heterocycles. The van der Waals surface area contributed by atoms with Crippen LogP contribution in [0.1, 0.15) is 12.0 Å². The van der Waals surface area contributed by atoms with Gasteiger partial charge < -0.3 is 5.32 Å². The van der Waals surface area contributed by atoms with Gasteiger partial charge in [0.2, 0.25) is 0 Å². The molecule has 4 heteroatoms. The number of nitrogens with one attached hydrogen (secondary N) is 1. The monoisotopic (exact) mass is 353 g/mol. The number of rotatable bonds is 5. The Morgan fingerprint density at radius 2 is 1.60 bits per heavy atom. The summed E-state index contributed by atoms with van der Waals surface area (Å²) in [6.07, 6.45) is 1.32. The van der Waals surface area contributed by atoms with Gasteiger partial charge in [0, 0.05) is 61.6 Å². The van der Waals surface area contributed by atoms with Gasteiger partial charge in [-0.2, -0.15) is 0 Å². The van der Waals surface area contributed by atoms with Gasteiger partial charge in [-0.25, -0.2) is 0 Å². The fourth-order valence-corrected chi connectivity index (χ4v) is 4.68. The first-order valence-corrected chi connectivity index (χ1v) is 10.2. The van der Waals surface area contributed by atoms with Gasteiger partial charge in [0.1, 0.15) is 0 Å². The van der Waals surface area contributed by atoms with Gasteiger partial charge in [-0.3, -0.25) is 9.80 Å². The quantitative estimate of drug-likeness (QED) is 0.888. The Hall–Kier alpha value is -1.33. The summed E-state index contributed by atoms with van der Waals surface area (Å²) in [7, 11) is 0. The maximum atomic E-state index is 3.45. The molecule has 2 saturated heterocycles. The van der Waals surface area contributed by atoms with E-state index in [0.717, 1.165) is 25.7 Å². The first kappa shape index (κ1) is 17.1. The summed E-state index contributed by atoms with van der Waals surface area (Å²) in [5.74, 6) is 0. The van der Waals surface area contributed by atoms with Crippen LogP contribution in [0, 0.1) is 0 Å². The number of likely N-dealkylation sites (tertiary alicyclic amines) is 1. The lowest BCUT2D eigenvalue weighted by Crippen LogP contribution is -2.49. The minimum absolute atomic E-state index is 0.759. The maximum absolute atomic E-state index is 3.45. The van der Waals surface area contributed by atoms with Crippen LogP contribution in [0.5, 0.6) is 0 Å². The molecule has 1 unspecified atom stereocenters. The van der Waals surface area contributed by atoms with Crippen LogP contribution in [-0.4, -0.2) is 55.1 Å². The molecule has 4 rings (SSSR count). The third-order valence-corrected chi connectivity index (χ3v) is 6.24. The lowest BCUT2D eigenvalue weighted by Gasteiger charge is -2.32. The molecule has 3 nitrogen and oxygen atoms in total. The highest BCUT2D eigenvalue weighted by Gasteiger charge is 2.28. The molecule has 2 aromatic carbocycles. The van der Waals surface area contributed by atoms with Crippen molar-refractivity contribution < 1.29 is 0 Å². The first-order valence-electron chi connectivity index (χ1n) is 9.36. The third kappa shape index (κ3) is 4.64. The van der Waals surface area contributed by atoms with Gasteiger partial charge in [0.25, 0.3) is 0 Å². The first-order chi connectivity index (χ1) is 12.4. The van der Waals surface area contributed by atoms with Gasteiger partial charge in [0.15, 0.2) is 0 Å². The fourth-order valence-electron chi connectivity index (χ4n) is 3.85. The Bertz CT molecular complexity index is 653. The summed E-state index contributed by atoms with van der Waals surface area (Å²) in [5.41, 5.74) is 1.43. The van der Waals surface area contributed by atoms with E-state index < -0.39 is 0 Å². The Balaban J connectivity index is 1.29. The van der Waals surface area contributed by atoms with Gasteiger partial charge in [-0.1, -0.05) is 42.1 Å². The largest absolute Gasteiger partial charge is 0.314 e. The summed E-state index contributed by atoms with van der Waals surface area (Å²) in [4.78, 5) is 7.91. The van der Waals surface area contributed by atoms with Crippen LogP contribution in [0.15, 0.2) is 64.4 Å². The molecule has 25 heavy (non-hydrogen) atoms. The van der Waals surface area contributed by atoms with E-state index in [0.29, 0.717) is 0 Å². The van der Waals surface area contributed by atoms with Gasteiger partial charge in [-0.05, 0) is 36.2 Å². The fraction of sp³-hybridized carbons (Fsp3) is 0.429. The predicted molar refractivity (Wildman–Crippen MR) is 105 cm³/mol. The van der Waals surface area contributed by atoms with Crippen molar-refractivity contribution >= 4 is 11.8 Å². The van der Waals surface area contributed by atoms with Crippen molar-refractivity contribution in [2.75, 3.05) is 39.3 Å². The highest BCUT2D eigenvalue weighted by Crippen LogP contribution is 2.28. The number of hydrogen-bond acceptors (Lipinski definition) is 4. The normalized spacial score (nSPS) is 22.3. The molecule has 0 bridgehead atoms. The van der Waals surface area contributed by atoms with Crippen LogP contribution >= 0.6 is 11.8 Å². The topological polar surface area (TPSA) is 18.5 Å². The molecule has 2 aliphatic rings. The molecule has 2 heterocycles. The standard InChI is InChI=1S/C21H27N3S/c1-2-4-20(5-3-1)25-21-8-6-18(7-9-21)16-23-13-10-19(17-23)24-14-11-22-12-15-24/h1-9,19,22H,10-17H2. The van der Waals surface area contributed by atoms with Crippen LogP contribution in [0.4, 0.5) is 0 Å². The molecule has 0 radical (unpaired) electrons. The summed E-state index contributed by atoms with van der Waals surface area (Å²) in [5, 5.41) is 3.45. The van der Waals surface area contributed by atoms with Crippen molar-refractivity contribution in [2.45, 2.75) is 28.8 Å². The lowest BCUT2D eigenvalue weighted by molar-refractivity contribution is 0.170. The molecule has 2 aliphatic heterocycles. The number of piperazine rings is 1. The predicted octanol–water partition coefficient (Wildman–Crippen LogP) is 3.32. The lowest BCUT2D eigenvalue weighted by atomic mass is 10.2. The average molecular weight is 354 g/mol. The van der Waals surface area contributed by atoms with Crippen molar-refractivity contribution in [2.24, 2.45) is 0 Å². The second-order valence-electron chi connectivity index (χ2n) is 7.02. The molecule has 2 fully saturated rings. The van der Waals surface area contributed by atoms with Crippen LogP contribution in [0.25, 0.3) is 0 Å². The highest BCUT2D eigenvalue weighted by molar-refractivity contribution is 7.99. The molecule has 0 saturated carbocycles. The minimum atomic E-state index is 0.759. The maximum Gasteiger partial charge on any atom is 0.0236 e. The van der Waals surface area contributed by atoms with E-state index in [-0.39, 0.29) is 0 Å². The molecule has 1 atom stereocenters. The zero-order valence-electron chi connectivity index (χ0n) is 14.7. The number of benzene rings is 2. The van der Waals surface area contributed by atoms with E-state index in [9.17, 15) is 0 Å². The second-order valence-corrected chi connectivity index (χ2v) is 8.17. The van der Waals surface area contributed by atoms with E-state index in [4.69, 9.17) is 0 Å². The van der Waals surface area contributed by atoms with Crippen LogP contribution in [0.2, 0.25) is 0 Å². The van der Waals surface area contributed by atoms with Crippen LogP contribution in [0.3, 0.4) is 0 Å². The average Bonchev–Trinajstić information content (AvgIpc) is 3.14. The Morgan fingerprint density at radius 1 is 0.880 bits per heavy atom. The molecule has 1 N–H and O–H groups in total. The number of hydrogen-bond donors (Lipinski definition) is 1. The summed E-state index contributed by atoms with van der Waals surface area (Å²) in [6.45, 7) is 8.26. The summed E-state index contributed by atoms with van der Waals surface area (Å²) < 4.78 is 0. The van der Waals surface area contributed by atoms with Crippen molar-refractivity contribution in [3.8, 4) is 0 Å². The molecular formula is C21H27N3S. The number of nitrogens with zero attached hydrogens (tertiary/aromatic N) is 2. The van der Waals surface area contributed by atoms with Crippen molar-refractivity contribution in [1.82, 2.24) is 15.1 Å². The summed E-state index contributed by atoms with van der Waals surface area (Å²) in [6, 6.07) is 20.5. The minimum Gasteiger partial charge on any atom is -0.314 e. The molecule has 132 valence electrons. The zero-order chi connectivity index (χ0) is 16.9. The van der Waals surface area contributed by atoms with E-state index in [2.05, 4.69) is 69.7 Å². The Labute approximate surface area is 155 Å². The van der Waals surface area contributed by atoms with Crippen molar-refractivity contribution in [3.63, 3.8) is 0 Å². The van der Waals surface area contributed by atoms with E-state index in [1.54, 1.807) is 0 Å². The molecule has 0 aliphatic carbocycles. The van der Waals surface area contributed by atoms with Gasteiger partial charge in [0.05, 0.1) is 0 Å². The van der Waals surface area contributed by atoms with Crippen molar-refractivity contribution in [3.05, 3.63) is 60.2 Å². The van der Waals surface area contributed by atoms with E-state index in [1.165, 1.54) is 48.0 Å². The van der Waals surface area contributed by atoms with E-state index >= 15 is 0 Å². The Morgan fingerprint density at radius 3 is 2.36 bits per heavy atom. The molecule has 0 amide bonds. The van der Waals surface area contributed by atoms with E-state index in [1.807, 2.05) is 11.8 Å². The summed E-state index contributed by atoms with van der Waals surface area (Å²) >= 11 is 1.83. The van der Waals surface area contributed by atoms with Gasteiger partial charge >= 0.3 is 0 Å². The van der Waals surface area contributed by atoms with Gasteiger partial charge in [-0.15, -0.1) is 0 Å². The van der Waals surface area contributed by atoms with Crippen molar-refractivity contribution in [1.29, 1.82) is 0 Å².